The van der Waals surface area contributed by atoms with E-state index in [1.807, 2.05) is 0 Å². The number of nitrogens with one attached hydrogen (secondary N) is 1. The van der Waals surface area contributed by atoms with Gasteiger partial charge in [0.1, 0.15) is 0 Å². The summed E-state index contributed by atoms with van der Waals surface area (Å²) in [6.45, 7) is 5.32. The molecule has 0 aliphatic carbocycles. The van der Waals surface area contributed by atoms with Gasteiger partial charge in [-0.3, -0.25) is 0 Å². The molecule has 1 saturated heterocycles. The molecule has 1 atom stereocenters. The first-order valence-electron chi connectivity index (χ1n) is 7.70. The first-order chi connectivity index (χ1) is 10.5. The highest BCUT2D eigenvalue weighted by Gasteiger charge is 2.18. The molecule has 0 saturated carbocycles. The van der Waals surface area contributed by atoms with Crippen LogP contribution in [0, 0.1) is 23.4 Å². The molecule has 2 N–H and O–H groups in total. The highest BCUT2D eigenvalue weighted by atomic mass is 19.2. The topological polar surface area (TPSA) is 35.5 Å². The van der Waals surface area contributed by atoms with Gasteiger partial charge in [-0.1, -0.05) is 6.92 Å². The summed E-state index contributed by atoms with van der Waals surface area (Å²) >= 11 is 0. The van der Waals surface area contributed by atoms with Gasteiger partial charge < -0.3 is 15.3 Å². The van der Waals surface area contributed by atoms with Crippen molar-refractivity contribution >= 4 is 0 Å². The number of rotatable bonds is 6. The van der Waals surface area contributed by atoms with E-state index in [1.165, 1.54) is 0 Å². The van der Waals surface area contributed by atoms with Crippen molar-refractivity contribution < 1.29 is 18.3 Å². The third kappa shape index (κ3) is 4.97. The van der Waals surface area contributed by atoms with Gasteiger partial charge >= 0.3 is 0 Å². The molecule has 0 radical (unpaired) electrons. The minimum atomic E-state index is -1.46. The van der Waals surface area contributed by atoms with Gasteiger partial charge in [-0.05, 0) is 49.5 Å². The highest BCUT2D eigenvalue weighted by molar-refractivity contribution is 5.19. The highest BCUT2D eigenvalue weighted by Crippen LogP contribution is 2.16. The average Bonchev–Trinajstić information content (AvgIpc) is 2.47. The van der Waals surface area contributed by atoms with Gasteiger partial charge in [0, 0.05) is 19.6 Å². The Bertz CT molecular complexity index is 467. The van der Waals surface area contributed by atoms with Gasteiger partial charge in [0.15, 0.2) is 17.5 Å². The number of benzene rings is 1. The minimum absolute atomic E-state index is 0.183. The summed E-state index contributed by atoms with van der Waals surface area (Å²) in [6, 6.07) is 1.92. The number of halogens is 3. The maximum Gasteiger partial charge on any atom is 0.194 e. The van der Waals surface area contributed by atoms with E-state index < -0.39 is 23.6 Å². The van der Waals surface area contributed by atoms with E-state index in [0.29, 0.717) is 18.7 Å². The first-order valence-corrected chi connectivity index (χ1v) is 7.70. The summed E-state index contributed by atoms with van der Waals surface area (Å²) in [4.78, 5) is 2.23. The number of likely N-dealkylation sites (tertiary alicyclic amines) is 1. The van der Waals surface area contributed by atoms with E-state index in [0.717, 1.165) is 44.0 Å². The van der Waals surface area contributed by atoms with E-state index in [-0.39, 0.29) is 6.54 Å². The van der Waals surface area contributed by atoms with Crippen LogP contribution in [0.15, 0.2) is 12.1 Å². The summed E-state index contributed by atoms with van der Waals surface area (Å²) in [5, 5.41) is 12.9. The number of nitrogens with zero attached hydrogens (tertiary/aromatic N) is 1. The molecule has 124 valence electrons. The Hall–Kier alpha value is -1.11. The zero-order valence-corrected chi connectivity index (χ0v) is 12.8. The van der Waals surface area contributed by atoms with Gasteiger partial charge in [0.25, 0.3) is 0 Å². The lowest BCUT2D eigenvalue weighted by Gasteiger charge is -2.31. The van der Waals surface area contributed by atoms with Crippen molar-refractivity contribution in [2.75, 3.05) is 26.2 Å². The molecular formula is C16H23F3N2O. The van der Waals surface area contributed by atoms with Crippen LogP contribution in [0.4, 0.5) is 13.2 Å². The predicted octanol–water partition coefficient (Wildman–Crippen LogP) is 2.29. The van der Waals surface area contributed by atoms with E-state index >= 15 is 0 Å². The van der Waals surface area contributed by atoms with Crippen molar-refractivity contribution in [1.29, 1.82) is 0 Å². The summed E-state index contributed by atoms with van der Waals surface area (Å²) in [6.07, 6.45) is 1.76. The maximum absolute atomic E-state index is 13.1. The van der Waals surface area contributed by atoms with Crippen molar-refractivity contribution in [3.63, 3.8) is 0 Å². The molecule has 1 heterocycles. The molecular weight excluding hydrogens is 293 g/mol. The number of piperidine rings is 1. The molecule has 1 aromatic carbocycles. The lowest BCUT2D eigenvalue weighted by Crippen LogP contribution is -2.41. The van der Waals surface area contributed by atoms with Gasteiger partial charge in [-0.25, -0.2) is 13.2 Å². The van der Waals surface area contributed by atoms with Crippen molar-refractivity contribution in [2.24, 2.45) is 5.92 Å². The smallest absolute Gasteiger partial charge is 0.194 e. The van der Waals surface area contributed by atoms with Crippen LogP contribution >= 0.6 is 0 Å². The molecule has 1 fully saturated rings. The summed E-state index contributed by atoms with van der Waals surface area (Å²) in [5.74, 6) is -3.10. The molecule has 0 spiro atoms. The quantitative estimate of drug-likeness (QED) is 0.791. The third-order valence-corrected chi connectivity index (χ3v) is 4.10. The Labute approximate surface area is 129 Å². The minimum Gasteiger partial charge on any atom is -0.390 e. The van der Waals surface area contributed by atoms with Crippen LogP contribution in [-0.4, -0.2) is 42.3 Å². The Morgan fingerprint density at radius 1 is 1.23 bits per heavy atom. The molecule has 0 bridgehead atoms. The fourth-order valence-corrected chi connectivity index (χ4v) is 2.70. The fraction of sp³-hybridized carbons (Fsp3) is 0.625. The standard InChI is InChI=1S/C16H23F3N2O/c1-11-2-4-21(5-3-11)10-13(22)9-20-8-12-6-14(17)16(19)15(18)7-12/h6-7,11,13,20,22H,2-5,8-10H2,1H3. The lowest BCUT2D eigenvalue weighted by atomic mass is 9.99. The normalized spacial score (nSPS) is 18.6. The molecule has 2 rings (SSSR count). The van der Waals surface area contributed by atoms with Crippen LogP contribution in [0.3, 0.4) is 0 Å². The van der Waals surface area contributed by atoms with E-state index in [1.54, 1.807) is 0 Å². The lowest BCUT2D eigenvalue weighted by molar-refractivity contribution is 0.0906. The molecule has 22 heavy (non-hydrogen) atoms. The first kappa shape index (κ1) is 17.2. The number of hydrogen-bond acceptors (Lipinski definition) is 3. The Morgan fingerprint density at radius 3 is 2.41 bits per heavy atom. The predicted molar refractivity (Wildman–Crippen MR) is 78.9 cm³/mol. The maximum atomic E-state index is 13.1. The largest absolute Gasteiger partial charge is 0.390 e. The molecule has 6 heteroatoms. The van der Waals surface area contributed by atoms with Crippen molar-refractivity contribution in [3.8, 4) is 0 Å². The molecule has 1 aliphatic rings. The second-order valence-electron chi connectivity index (χ2n) is 6.14. The molecule has 1 aliphatic heterocycles. The van der Waals surface area contributed by atoms with Crippen molar-refractivity contribution in [2.45, 2.75) is 32.4 Å². The zero-order valence-electron chi connectivity index (χ0n) is 12.8. The summed E-state index contributed by atoms with van der Waals surface area (Å²) < 4.78 is 39.0. The van der Waals surface area contributed by atoms with Crippen LogP contribution < -0.4 is 5.32 Å². The second kappa shape index (κ2) is 7.94. The Balaban J connectivity index is 1.72. The van der Waals surface area contributed by atoms with Crippen LogP contribution in [-0.2, 0) is 6.54 Å². The van der Waals surface area contributed by atoms with Gasteiger partial charge in [0.05, 0.1) is 6.10 Å². The number of aliphatic hydroxyl groups excluding tert-OH is 1. The SMILES string of the molecule is CC1CCN(CC(O)CNCc2cc(F)c(F)c(F)c2)CC1. The van der Waals surface area contributed by atoms with Crippen LogP contribution in [0.2, 0.25) is 0 Å². The van der Waals surface area contributed by atoms with Gasteiger partial charge in [-0.2, -0.15) is 0 Å². The second-order valence-corrected chi connectivity index (χ2v) is 6.14. The number of aliphatic hydroxyl groups is 1. The third-order valence-electron chi connectivity index (χ3n) is 4.10. The number of β-amino-alcohol motifs (C(OH)–C–C–N with tert-alkyl or cyclic N) is 1. The van der Waals surface area contributed by atoms with Crippen LogP contribution in [0.1, 0.15) is 25.3 Å². The van der Waals surface area contributed by atoms with E-state index in [4.69, 9.17) is 0 Å². The average molecular weight is 316 g/mol. The van der Waals surface area contributed by atoms with Gasteiger partial charge in [-0.15, -0.1) is 0 Å². The van der Waals surface area contributed by atoms with Crippen LogP contribution in [0.25, 0.3) is 0 Å². The summed E-state index contributed by atoms with van der Waals surface area (Å²) in [7, 11) is 0. The van der Waals surface area contributed by atoms with Crippen molar-refractivity contribution in [1.82, 2.24) is 10.2 Å². The molecule has 3 nitrogen and oxygen atoms in total. The summed E-state index contributed by atoms with van der Waals surface area (Å²) in [5.41, 5.74) is 0.315. The number of hydrogen-bond donors (Lipinski definition) is 2. The monoisotopic (exact) mass is 316 g/mol. The van der Waals surface area contributed by atoms with E-state index in [2.05, 4.69) is 17.1 Å². The molecule has 1 aromatic rings. The van der Waals surface area contributed by atoms with Crippen molar-refractivity contribution in [3.05, 3.63) is 35.1 Å². The Kier molecular flexibility index (Phi) is 6.23. The molecule has 0 aromatic heterocycles. The van der Waals surface area contributed by atoms with Gasteiger partial charge in [0.2, 0.25) is 0 Å². The van der Waals surface area contributed by atoms with Crippen LogP contribution in [0.5, 0.6) is 0 Å². The fourth-order valence-electron chi connectivity index (χ4n) is 2.70. The van der Waals surface area contributed by atoms with E-state index in [9.17, 15) is 18.3 Å². The zero-order chi connectivity index (χ0) is 16.1. The molecule has 1 unspecified atom stereocenters. The Morgan fingerprint density at radius 2 is 1.82 bits per heavy atom. The molecule has 0 amide bonds.